The van der Waals surface area contributed by atoms with E-state index in [-0.39, 0.29) is 73.1 Å². The van der Waals surface area contributed by atoms with Crippen LogP contribution in [0, 0.1) is 22.7 Å². The Labute approximate surface area is 402 Å². The summed E-state index contributed by atoms with van der Waals surface area (Å²) in [5.74, 6) is -0.795. The lowest BCUT2D eigenvalue weighted by molar-refractivity contribution is -0.0198. The number of aromatic nitrogens is 8. The van der Waals surface area contributed by atoms with Gasteiger partial charge in [0.15, 0.2) is 64.9 Å². The molecule has 2 amide bonds. The van der Waals surface area contributed by atoms with Crippen LogP contribution in [0.4, 0.5) is 20.4 Å². The number of carbonyl (C=O) groups excluding carboxylic acids is 2. The van der Waals surface area contributed by atoms with Gasteiger partial charge >= 0.3 is 7.15 Å². The van der Waals surface area contributed by atoms with E-state index in [2.05, 4.69) is 57.3 Å². The number of aliphatic imine (C=N–C) groups is 1. The number of halogens is 2. The normalized spacial score (nSPS) is 23.2. The summed E-state index contributed by atoms with van der Waals surface area (Å²) < 4.78 is 72.8. The van der Waals surface area contributed by atoms with Gasteiger partial charge in [0.05, 0.1) is 50.8 Å². The highest BCUT2D eigenvalue weighted by Gasteiger charge is 2.53. The van der Waals surface area contributed by atoms with Gasteiger partial charge in [-0.1, -0.05) is 36.4 Å². The molecule has 2 aromatic carbocycles. The van der Waals surface area contributed by atoms with Crippen molar-refractivity contribution in [3.8, 4) is 12.1 Å². The molecule has 2 aliphatic heterocycles. The molecule has 3 N–H and O–H groups in total. The summed E-state index contributed by atoms with van der Waals surface area (Å²) in [7, 11) is -2.18. The van der Waals surface area contributed by atoms with Crippen LogP contribution in [0.25, 0.3) is 22.3 Å². The number of ether oxygens (including phenoxy) is 2. The molecule has 0 bridgehead atoms. The van der Waals surface area contributed by atoms with Gasteiger partial charge in [-0.25, -0.2) is 43.8 Å². The summed E-state index contributed by atoms with van der Waals surface area (Å²) in [6, 6.07) is 20.7. The summed E-state index contributed by atoms with van der Waals surface area (Å²) in [6.07, 6.45) is -7.31. The number of hydrogen-bond donors (Lipinski definition) is 3. The van der Waals surface area contributed by atoms with Crippen molar-refractivity contribution in [3.63, 3.8) is 0 Å². The molecule has 4 aromatic heterocycles. The smallest absolute Gasteiger partial charge is 0.347 e. The van der Waals surface area contributed by atoms with Crippen LogP contribution < -0.4 is 15.7 Å². The molecule has 2 unspecified atom stereocenters. The van der Waals surface area contributed by atoms with Crippen LogP contribution in [-0.4, -0.2) is 121 Å². The summed E-state index contributed by atoms with van der Waals surface area (Å²) >= 11 is 11.3. The van der Waals surface area contributed by atoms with Crippen LogP contribution in [0.3, 0.4) is 0 Å². The van der Waals surface area contributed by atoms with Crippen molar-refractivity contribution in [2.24, 2.45) is 4.99 Å². The number of rotatable bonds is 21. The molecule has 10 atom stereocenters. The number of imidazole rings is 2. The zero-order chi connectivity index (χ0) is 48.5. The predicted molar refractivity (Wildman–Crippen MR) is 250 cm³/mol. The van der Waals surface area contributed by atoms with E-state index in [1.165, 1.54) is 34.4 Å². The lowest BCUT2D eigenvalue weighted by atomic mass is 10.1. The van der Waals surface area contributed by atoms with E-state index in [0.717, 1.165) is 0 Å². The number of hydrogen-bond acceptors (Lipinski definition) is 19. The Balaban J connectivity index is 1.03. The van der Waals surface area contributed by atoms with Crippen molar-refractivity contribution in [1.82, 2.24) is 44.1 Å². The van der Waals surface area contributed by atoms with E-state index < -0.39 is 74.8 Å². The van der Waals surface area contributed by atoms with Gasteiger partial charge in [0.25, 0.3) is 18.5 Å². The first-order chi connectivity index (χ1) is 33.5. The average molecular weight is 1020 g/mol. The topological polar surface area (TPSA) is 273 Å². The molecule has 6 aromatic rings. The summed E-state index contributed by atoms with van der Waals surface area (Å²) in [6.45, 7) is -1.16. The molecule has 0 radical (unpaired) electrons. The minimum atomic E-state index is -3.89. The highest BCUT2D eigenvalue weighted by molar-refractivity contribution is 8.09. The number of benzene rings is 2. The number of anilines is 2. The van der Waals surface area contributed by atoms with Crippen LogP contribution in [0.15, 0.2) is 91.0 Å². The molecule has 2 fully saturated rings. The fraction of sp³-hybridized carbons (Fsp3) is 0.341. The van der Waals surface area contributed by atoms with Gasteiger partial charge in [-0.15, -0.1) is 9.05 Å². The maximum Gasteiger partial charge on any atom is 0.522 e. The SMILES string of the molecule is C=NC[C@H]1O[C@@H](n2cnc3c(NC(=O)c4ccccc4)ncnc32)[C@H](F)[C@@H]1OP(=S)(NC[C@H]1O[C@@H](n2cnc3c(NC(=O)c4ccccc4)ncnc32)[C@H](F)[C@@H]1O[P+](=S)OCCC#N)OCCC#N. The molecule has 2 saturated heterocycles. The van der Waals surface area contributed by atoms with E-state index in [9.17, 15) is 14.9 Å². The molecule has 6 heterocycles. The Kier molecular flexibility index (Phi) is 16.1. The predicted octanol–water partition coefficient (Wildman–Crippen LogP) is 5.56. The van der Waals surface area contributed by atoms with E-state index >= 15 is 8.78 Å². The first-order valence-electron chi connectivity index (χ1n) is 20.8. The molecule has 0 aliphatic carbocycles. The second-order valence-corrected chi connectivity index (χ2v) is 19.9. The summed E-state index contributed by atoms with van der Waals surface area (Å²) in [5.41, 5.74) is 1.23. The molecule has 356 valence electrons. The zero-order valence-corrected chi connectivity index (χ0v) is 39.2. The second-order valence-electron chi connectivity index (χ2n) is 14.9. The number of nitrogens with one attached hydrogen (secondary N) is 3. The maximum atomic E-state index is 17.0. The minimum absolute atomic E-state index is 0.000661. The third-order valence-corrected chi connectivity index (χ3v) is 14.4. The van der Waals surface area contributed by atoms with Gasteiger partial charge in [0.2, 0.25) is 11.8 Å². The highest BCUT2D eigenvalue weighted by Crippen LogP contribution is 2.51. The fourth-order valence-electron chi connectivity index (χ4n) is 7.31. The standard InChI is InChI=1S/C41H38F2N14O8P2S2/c1-46-18-26-33(29(43)41(62-26)57-23-52-31-35(48-21-50-37(31)57)55-39(59)25-12-6-3-7-13-25)65-67(69,61-17-9-15-45)53-19-27-32(64-66(68)60-16-8-14-44)28(42)40(63-27)56-22-51-30-34(47-20-49-36(30)56)54-38(58)24-10-4-2-5-11-24/h2-7,10-13,20-23,26-29,32-33,40-41H,1,8-9,16-19H2,(H2-,47,48,49,50,53,54,55,58,59,69)/p+1/t26-,27-,28-,29-,32-,33-,40-,41-,67?/m1/s1. The number of amides is 2. The van der Waals surface area contributed by atoms with Crippen LogP contribution >= 0.6 is 13.8 Å². The number of nitrogens with zero attached hydrogens (tertiary/aromatic N) is 11. The lowest BCUT2D eigenvalue weighted by Gasteiger charge is -2.29. The van der Waals surface area contributed by atoms with Gasteiger partial charge in [0, 0.05) is 17.7 Å². The van der Waals surface area contributed by atoms with Crippen LogP contribution in [0.1, 0.15) is 46.0 Å². The first kappa shape index (κ1) is 49.3. The van der Waals surface area contributed by atoms with Gasteiger partial charge in [0.1, 0.15) is 37.6 Å². The fourth-order valence-corrected chi connectivity index (χ4v) is 10.9. The molecule has 0 spiro atoms. The van der Waals surface area contributed by atoms with Crippen molar-refractivity contribution in [2.45, 2.75) is 62.1 Å². The van der Waals surface area contributed by atoms with E-state index in [0.29, 0.717) is 11.1 Å². The van der Waals surface area contributed by atoms with E-state index in [1.54, 1.807) is 60.7 Å². The summed E-state index contributed by atoms with van der Waals surface area (Å²) in [5, 5.41) is 26.8. The van der Waals surface area contributed by atoms with Gasteiger partial charge in [-0.3, -0.25) is 23.7 Å². The van der Waals surface area contributed by atoms with Crippen LogP contribution in [0.5, 0.6) is 0 Å². The van der Waals surface area contributed by atoms with Gasteiger partial charge in [-0.2, -0.15) is 10.5 Å². The minimum Gasteiger partial charge on any atom is -0.347 e. The third-order valence-electron chi connectivity index (χ3n) is 10.5. The molecule has 69 heavy (non-hydrogen) atoms. The Morgan fingerprint density at radius 1 is 0.797 bits per heavy atom. The van der Waals surface area contributed by atoms with Crippen molar-refractivity contribution >= 4 is 89.9 Å². The number of alkyl halides is 2. The largest absolute Gasteiger partial charge is 0.522 e. The van der Waals surface area contributed by atoms with Crippen molar-refractivity contribution in [2.75, 3.05) is 36.9 Å². The molecular weight excluding hydrogens is 981 g/mol. The van der Waals surface area contributed by atoms with E-state index in [1.807, 2.05) is 12.1 Å². The summed E-state index contributed by atoms with van der Waals surface area (Å²) in [4.78, 5) is 55.6. The molecule has 8 rings (SSSR count). The molecule has 22 nitrogen and oxygen atoms in total. The maximum absolute atomic E-state index is 17.0. The Morgan fingerprint density at radius 2 is 1.32 bits per heavy atom. The van der Waals surface area contributed by atoms with Gasteiger partial charge in [-0.05, 0) is 42.8 Å². The Bertz CT molecular complexity index is 2970. The average Bonchev–Trinajstić information content (AvgIpc) is 4.13. The highest BCUT2D eigenvalue weighted by atomic mass is 32.5. The molecular formula is C41H39F2N14O8P2S2+. The molecule has 28 heteroatoms. The number of fused-ring (bicyclic) bond motifs is 2. The number of carbonyl (C=O) groups is 2. The monoisotopic (exact) mass is 1020 g/mol. The third kappa shape index (κ3) is 11.2. The lowest BCUT2D eigenvalue weighted by Crippen LogP contribution is -2.39. The van der Waals surface area contributed by atoms with Crippen LogP contribution in [-0.2, 0) is 51.2 Å². The Hall–Kier alpha value is -6.12. The molecule has 2 aliphatic rings. The second kappa shape index (κ2) is 22.5. The van der Waals surface area contributed by atoms with Crippen molar-refractivity contribution in [3.05, 3.63) is 97.1 Å². The Morgan fingerprint density at radius 3 is 1.86 bits per heavy atom. The first-order valence-corrected chi connectivity index (χ1v) is 25.6. The van der Waals surface area contributed by atoms with Crippen molar-refractivity contribution in [1.29, 1.82) is 10.5 Å². The quantitative estimate of drug-likeness (QED) is 0.0452. The van der Waals surface area contributed by atoms with Crippen molar-refractivity contribution < 1.29 is 45.9 Å². The number of nitriles is 2. The molecule has 0 saturated carbocycles. The zero-order valence-electron chi connectivity index (χ0n) is 35.8. The van der Waals surface area contributed by atoms with E-state index in [4.69, 9.17) is 56.4 Å². The van der Waals surface area contributed by atoms with Gasteiger partial charge < -0.3 is 29.2 Å². The van der Waals surface area contributed by atoms with Crippen LogP contribution in [0.2, 0.25) is 0 Å².